The van der Waals surface area contributed by atoms with E-state index in [-0.39, 0.29) is 5.92 Å². The first-order chi connectivity index (χ1) is 20.5. The SMILES string of the molecule is CCCCC/C=C\CCCC(CCC/C=C\CCCCC)C(CCCCCCCCCC)C(CCCN(C)C)C(=O)O. The normalized spacial score (nSPS) is 13.7. The second-order valence-corrected chi connectivity index (χ2v) is 13.4. The fourth-order valence-corrected chi connectivity index (χ4v) is 6.49. The summed E-state index contributed by atoms with van der Waals surface area (Å²) in [5, 5.41) is 10.5. The molecule has 1 N–H and O–H groups in total. The van der Waals surface area contributed by atoms with Gasteiger partial charge in [0.25, 0.3) is 0 Å². The van der Waals surface area contributed by atoms with Crippen LogP contribution in [0.25, 0.3) is 0 Å². The molecule has 0 aliphatic heterocycles. The molecule has 0 aromatic rings. The molecule has 0 spiro atoms. The first kappa shape index (κ1) is 40.9. The van der Waals surface area contributed by atoms with Crippen molar-refractivity contribution in [1.82, 2.24) is 4.90 Å². The number of hydrogen-bond acceptors (Lipinski definition) is 2. The Hall–Kier alpha value is -1.09. The number of allylic oxidation sites excluding steroid dienone is 4. The lowest BCUT2D eigenvalue weighted by Crippen LogP contribution is -2.31. The summed E-state index contributed by atoms with van der Waals surface area (Å²) in [6.45, 7) is 7.79. The Morgan fingerprint density at radius 2 is 0.976 bits per heavy atom. The van der Waals surface area contributed by atoms with Crippen molar-refractivity contribution in [3.8, 4) is 0 Å². The molecular formula is C39H75NO2. The topological polar surface area (TPSA) is 40.5 Å². The third kappa shape index (κ3) is 25.4. The molecule has 0 bridgehead atoms. The third-order valence-corrected chi connectivity index (χ3v) is 9.12. The zero-order chi connectivity index (χ0) is 31.1. The summed E-state index contributed by atoms with van der Waals surface area (Å²) in [5.41, 5.74) is 0. The molecule has 0 saturated carbocycles. The third-order valence-electron chi connectivity index (χ3n) is 9.12. The van der Waals surface area contributed by atoms with Gasteiger partial charge in [-0.2, -0.15) is 0 Å². The van der Waals surface area contributed by atoms with Gasteiger partial charge in [0.2, 0.25) is 0 Å². The van der Waals surface area contributed by atoms with E-state index in [1.54, 1.807) is 0 Å². The molecule has 2 atom stereocenters. The van der Waals surface area contributed by atoms with Gasteiger partial charge < -0.3 is 10.0 Å². The number of aliphatic carboxylic acids is 1. The fraction of sp³-hybridized carbons (Fsp3) is 0.872. The zero-order valence-corrected chi connectivity index (χ0v) is 29.2. The average molecular weight is 590 g/mol. The number of nitrogens with zero attached hydrogens (tertiary/aromatic N) is 1. The molecule has 2 unspecified atom stereocenters. The monoisotopic (exact) mass is 590 g/mol. The van der Waals surface area contributed by atoms with E-state index in [2.05, 4.69) is 64.1 Å². The van der Waals surface area contributed by atoms with E-state index in [4.69, 9.17) is 0 Å². The van der Waals surface area contributed by atoms with Crippen LogP contribution in [-0.2, 0) is 4.79 Å². The highest BCUT2D eigenvalue weighted by molar-refractivity contribution is 5.70. The molecule has 0 aliphatic rings. The van der Waals surface area contributed by atoms with Gasteiger partial charge in [0.15, 0.2) is 0 Å². The minimum Gasteiger partial charge on any atom is -0.481 e. The maximum absolute atomic E-state index is 12.7. The van der Waals surface area contributed by atoms with Crippen LogP contribution in [0.2, 0.25) is 0 Å². The Labute approximate surface area is 264 Å². The maximum atomic E-state index is 12.7. The van der Waals surface area contributed by atoms with Crippen molar-refractivity contribution in [3.63, 3.8) is 0 Å². The lowest BCUT2D eigenvalue weighted by molar-refractivity contribution is -0.145. The summed E-state index contributed by atoms with van der Waals surface area (Å²) in [7, 11) is 4.20. The number of carboxylic acid groups (broad SMARTS) is 1. The molecule has 0 rings (SSSR count). The molecule has 42 heavy (non-hydrogen) atoms. The van der Waals surface area contributed by atoms with Crippen molar-refractivity contribution in [2.45, 2.75) is 181 Å². The van der Waals surface area contributed by atoms with Crippen LogP contribution in [0.15, 0.2) is 24.3 Å². The average Bonchev–Trinajstić information content (AvgIpc) is 2.96. The highest BCUT2D eigenvalue weighted by atomic mass is 16.4. The molecule has 0 radical (unpaired) electrons. The van der Waals surface area contributed by atoms with E-state index in [0.717, 1.165) is 38.6 Å². The first-order valence-corrected chi connectivity index (χ1v) is 18.6. The van der Waals surface area contributed by atoms with E-state index in [1.807, 2.05) is 0 Å². The maximum Gasteiger partial charge on any atom is 0.306 e. The van der Waals surface area contributed by atoms with E-state index in [1.165, 1.54) is 128 Å². The molecule has 0 aromatic heterocycles. The summed E-state index contributed by atoms with van der Waals surface area (Å²) >= 11 is 0. The molecule has 0 amide bonds. The van der Waals surface area contributed by atoms with Crippen molar-refractivity contribution >= 4 is 5.97 Å². The largest absolute Gasteiger partial charge is 0.481 e. The number of carbonyl (C=O) groups is 1. The molecule has 3 nitrogen and oxygen atoms in total. The molecule has 0 aliphatic carbocycles. The minimum absolute atomic E-state index is 0.200. The van der Waals surface area contributed by atoms with Crippen LogP contribution in [0.1, 0.15) is 181 Å². The van der Waals surface area contributed by atoms with Gasteiger partial charge in [-0.15, -0.1) is 0 Å². The second kappa shape index (κ2) is 31.3. The smallest absolute Gasteiger partial charge is 0.306 e. The minimum atomic E-state index is -0.546. The van der Waals surface area contributed by atoms with Gasteiger partial charge in [-0.25, -0.2) is 0 Å². The van der Waals surface area contributed by atoms with Crippen molar-refractivity contribution in [3.05, 3.63) is 24.3 Å². The zero-order valence-electron chi connectivity index (χ0n) is 29.2. The van der Waals surface area contributed by atoms with Crippen LogP contribution in [-0.4, -0.2) is 36.6 Å². The molecule has 3 heteroatoms. The highest BCUT2D eigenvalue weighted by Crippen LogP contribution is 2.37. The standard InChI is InChI=1S/C39H75NO2/c1-6-9-12-15-18-21-24-27-31-36(32-28-25-22-19-16-13-10-7-2)37(33-29-26-23-20-17-14-11-8-3)38(39(41)42)34-30-35-40(4)5/h18-19,21-22,36-38H,6-17,20,23-35H2,1-5H3,(H,41,42)/b21-18-,22-19-. The number of rotatable bonds is 32. The van der Waals surface area contributed by atoms with Crippen molar-refractivity contribution in [2.24, 2.45) is 17.8 Å². The van der Waals surface area contributed by atoms with Gasteiger partial charge in [0.1, 0.15) is 0 Å². The Bertz CT molecular complexity index is 600. The van der Waals surface area contributed by atoms with Gasteiger partial charge >= 0.3 is 5.97 Å². The van der Waals surface area contributed by atoms with Gasteiger partial charge in [-0.1, -0.05) is 122 Å². The summed E-state index contributed by atoms with van der Waals surface area (Å²) in [4.78, 5) is 14.9. The number of carboxylic acids is 1. The van der Waals surface area contributed by atoms with Crippen LogP contribution < -0.4 is 0 Å². The van der Waals surface area contributed by atoms with Crippen molar-refractivity contribution < 1.29 is 9.90 Å². The molecule has 0 fully saturated rings. The lowest BCUT2D eigenvalue weighted by Gasteiger charge is -2.33. The van der Waals surface area contributed by atoms with Crippen LogP contribution in [0, 0.1) is 17.8 Å². The van der Waals surface area contributed by atoms with Gasteiger partial charge in [0.05, 0.1) is 5.92 Å². The lowest BCUT2D eigenvalue weighted by atomic mass is 9.72. The summed E-state index contributed by atoms with van der Waals surface area (Å²) in [6, 6.07) is 0. The number of unbranched alkanes of at least 4 members (excludes halogenated alkanes) is 15. The fourth-order valence-electron chi connectivity index (χ4n) is 6.49. The van der Waals surface area contributed by atoms with E-state index in [9.17, 15) is 9.90 Å². The Kier molecular flexibility index (Phi) is 30.5. The Morgan fingerprint density at radius 3 is 1.43 bits per heavy atom. The predicted octanol–water partition coefficient (Wildman–Crippen LogP) is 12.4. The van der Waals surface area contributed by atoms with Gasteiger partial charge in [0, 0.05) is 0 Å². The number of hydrogen-bond donors (Lipinski definition) is 1. The first-order valence-electron chi connectivity index (χ1n) is 18.6. The Balaban J connectivity index is 5.35. The molecule has 0 saturated heterocycles. The predicted molar refractivity (Wildman–Crippen MR) is 187 cm³/mol. The second-order valence-electron chi connectivity index (χ2n) is 13.4. The summed E-state index contributed by atoms with van der Waals surface area (Å²) in [6.07, 6.45) is 40.2. The molecule has 248 valence electrons. The Morgan fingerprint density at radius 1 is 0.548 bits per heavy atom. The van der Waals surface area contributed by atoms with E-state index < -0.39 is 5.97 Å². The van der Waals surface area contributed by atoms with E-state index in [0.29, 0.717) is 11.8 Å². The quantitative estimate of drug-likeness (QED) is 0.0626. The summed E-state index contributed by atoms with van der Waals surface area (Å²) in [5.74, 6) is 0.0902. The molecule has 0 heterocycles. The molecular weight excluding hydrogens is 514 g/mol. The van der Waals surface area contributed by atoms with E-state index >= 15 is 0 Å². The van der Waals surface area contributed by atoms with Crippen LogP contribution >= 0.6 is 0 Å². The molecule has 0 aromatic carbocycles. The highest BCUT2D eigenvalue weighted by Gasteiger charge is 2.33. The van der Waals surface area contributed by atoms with Crippen LogP contribution in [0.4, 0.5) is 0 Å². The van der Waals surface area contributed by atoms with Crippen LogP contribution in [0.3, 0.4) is 0 Å². The summed E-state index contributed by atoms with van der Waals surface area (Å²) < 4.78 is 0. The van der Waals surface area contributed by atoms with Gasteiger partial charge in [-0.3, -0.25) is 4.79 Å². The van der Waals surface area contributed by atoms with Gasteiger partial charge in [-0.05, 0) is 116 Å². The van der Waals surface area contributed by atoms with Crippen molar-refractivity contribution in [1.29, 1.82) is 0 Å². The van der Waals surface area contributed by atoms with Crippen LogP contribution in [0.5, 0.6) is 0 Å². The van der Waals surface area contributed by atoms with Crippen molar-refractivity contribution in [2.75, 3.05) is 20.6 Å².